The fourth-order valence-electron chi connectivity index (χ4n) is 7.89. The standard InChI is InChI=1S/C50H69N3O14S/c1-49(2,3)41-35-38(66-44-34-37(15-17-40(41)44)51(22-24-62-30-32-64-28-26-60-6)23-25-63-31-33-65-29-27-61-7)12-11-13-45-50(4,5)42-36-39(68(57,58)59)16-18-43(42)52(45)21-10-8-9-14-48(56)67-53-46(54)19-20-47(53)55/h11-13,15-20,34-36H,8-10,14,21-33H2,1-7H3,(H2-,54,55,57,58,59)/p+1. The number of carbonyl (C=O) groups is 1. The second-order valence-electron chi connectivity index (χ2n) is 17.9. The Morgan fingerprint density at radius 2 is 1.38 bits per heavy atom. The van der Waals surface area contributed by atoms with Gasteiger partial charge >= 0.3 is 5.97 Å². The van der Waals surface area contributed by atoms with Crippen LogP contribution in [0.3, 0.4) is 0 Å². The highest BCUT2D eigenvalue weighted by Gasteiger charge is 2.40. The molecule has 374 valence electrons. The molecule has 0 atom stereocenters. The van der Waals surface area contributed by atoms with Crippen LogP contribution in [0.5, 0.6) is 11.8 Å². The third-order valence-corrected chi connectivity index (χ3v) is 12.3. The van der Waals surface area contributed by atoms with E-state index >= 15 is 0 Å². The maximum Gasteiger partial charge on any atom is 0.333 e. The van der Waals surface area contributed by atoms with Crippen LogP contribution in [-0.2, 0) is 54.2 Å². The van der Waals surface area contributed by atoms with E-state index in [0.29, 0.717) is 121 Å². The van der Waals surface area contributed by atoms with Crippen LogP contribution in [-0.4, -0.2) is 134 Å². The lowest BCUT2D eigenvalue weighted by atomic mass is 9.82. The highest BCUT2D eigenvalue weighted by atomic mass is 32.2. The maximum atomic E-state index is 12.5. The number of anilines is 1. The minimum Gasteiger partial charge on any atom is -0.492 e. The van der Waals surface area contributed by atoms with Crippen LogP contribution in [0.1, 0.15) is 77.2 Å². The molecule has 1 aromatic carbocycles. The topological polar surface area (TPSA) is 201 Å². The van der Waals surface area contributed by atoms with E-state index < -0.39 is 21.5 Å². The molecular formula is C50H70N3O14S+. The van der Waals surface area contributed by atoms with E-state index in [-0.39, 0.29) is 28.5 Å². The number of rotatable bonds is 28. The molecule has 17 nitrogen and oxygen atoms in total. The van der Waals surface area contributed by atoms with Crippen LogP contribution >= 0.6 is 0 Å². The monoisotopic (exact) mass is 968 g/mol. The predicted octanol–water partition coefficient (Wildman–Crippen LogP) is 6.18. The first kappa shape index (κ1) is 53.9. The Bertz CT molecular complexity index is 2420. The van der Waals surface area contributed by atoms with E-state index in [1.165, 1.54) is 24.3 Å². The summed E-state index contributed by atoms with van der Waals surface area (Å²) in [7, 11) is -1.18. The number of fused-ring (bicyclic) bond motifs is 2. The molecule has 1 aromatic heterocycles. The largest absolute Gasteiger partial charge is 0.492 e. The molecule has 0 unspecified atom stereocenters. The first-order valence-corrected chi connectivity index (χ1v) is 24.4. The summed E-state index contributed by atoms with van der Waals surface area (Å²) in [6.07, 6.45) is 7.73. The Balaban J connectivity index is 1.40. The summed E-state index contributed by atoms with van der Waals surface area (Å²) in [6.45, 7) is 17.2. The summed E-state index contributed by atoms with van der Waals surface area (Å²) in [4.78, 5) is 19.5. The lowest BCUT2D eigenvalue weighted by Gasteiger charge is -2.27. The molecule has 0 saturated carbocycles. The van der Waals surface area contributed by atoms with Gasteiger partial charge in [-0.2, -0.15) is 8.42 Å². The summed E-state index contributed by atoms with van der Waals surface area (Å²) in [5, 5.41) is 20.6. The number of ether oxygens (including phenoxy) is 6. The van der Waals surface area contributed by atoms with Gasteiger partial charge in [0.05, 0.1) is 63.8 Å². The van der Waals surface area contributed by atoms with Crippen molar-refractivity contribution in [3.05, 3.63) is 94.7 Å². The first-order chi connectivity index (χ1) is 32.4. The van der Waals surface area contributed by atoms with Gasteiger partial charge in [0.2, 0.25) is 17.1 Å². The summed E-state index contributed by atoms with van der Waals surface area (Å²) >= 11 is 0. The molecule has 3 N–H and O–H groups in total. The number of hydrogen-bond acceptors (Lipinski definition) is 14. The van der Waals surface area contributed by atoms with Crippen LogP contribution in [0.2, 0.25) is 0 Å². The third kappa shape index (κ3) is 15.2. The Morgan fingerprint density at radius 1 is 0.779 bits per heavy atom. The molecule has 0 fully saturated rings. The van der Waals surface area contributed by atoms with Gasteiger partial charge < -0.3 is 52.8 Å². The quantitative estimate of drug-likeness (QED) is 0.0331. The summed E-state index contributed by atoms with van der Waals surface area (Å²) in [6, 6.07) is 15.4. The minimum absolute atomic E-state index is 0.0637. The summed E-state index contributed by atoms with van der Waals surface area (Å²) < 4.78 is 77.1. The smallest absolute Gasteiger partial charge is 0.333 e. The van der Waals surface area contributed by atoms with E-state index in [4.69, 9.17) is 37.7 Å². The molecule has 18 heteroatoms. The van der Waals surface area contributed by atoms with E-state index in [1.54, 1.807) is 20.3 Å². The van der Waals surface area contributed by atoms with Gasteiger partial charge in [0.15, 0.2) is 13.1 Å². The molecular weight excluding hydrogens is 899 g/mol. The van der Waals surface area contributed by atoms with Crippen molar-refractivity contribution in [3.63, 3.8) is 0 Å². The zero-order chi connectivity index (χ0) is 49.3. The molecule has 0 amide bonds. The highest BCUT2D eigenvalue weighted by Crippen LogP contribution is 2.48. The lowest BCUT2D eigenvalue weighted by molar-refractivity contribution is -0.145. The van der Waals surface area contributed by atoms with Gasteiger partial charge in [-0.25, -0.2) is 9.37 Å². The van der Waals surface area contributed by atoms with Crippen molar-refractivity contribution < 1.29 is 65.7 Å². The molecule has 3 heterocycles. The van der Waals surface area contributed by atoms with Crippen LogP contribution < -0.4 is 19.7 Å². The first-order valence-electron chi connectivity index (χ1n) is 23.0. The third-order valence-electron chi connectivity index (χ3n) is 11.5. The van der Waals surface area contributed by atoms with Crippen molar-refractivity contribution in [3.8, 4) is 23.1 Å². The zero-order valence-electron chi connectivity index (χ0n) is 40.5. The van der Waals surface area contributed by atoms with Gasteiger partial charge in [0.25, 0.3) is 10.1 Å². The minimum atomic E-state index is -4.46. The van der Waals surface area contributed by atoms with Crippen molar-refractivity contribution in [2.45, 2.75) is 76.0 Å². The molecule has 0 radical (unpaired) electrons. The molecule has 5 rings (SSSR count). The molecule has 0 bridgehead atoms. The fraction of sp³-hybridized carbons (Fsp3) is 0.520. The number of aromatic nitrogens is 1. The van der Waals surface area contributed by atoms with Crippen LogP contribution in [0, 0.1) is 0 Å². The molecule has 0 spiro atoms. The van der Waals surface area contributed by atoms with Gasteiger partial charge in [0.1, 0.15) is 24.7 Å². The van der Waals surface area contributed by atoms with E-state index in [0.717, 1.165) is 33.4 Å². The summed E-state index contributed by atoms with van der Waals surface area (Å²) in [5.74, 6) is -0.0295. The normalized spacial score (nSPS) is 14.4. The van der Waals surface area contributed by atoms with Crippen LogP contribution in [0.4, 0.5) is 5.69 Å². The Labute approximate surface area is 400 Å². The second-order valence-corrected chi connectivity index (χ2v) is 19.3. The summed E-state index contributed by atoms with van der Waals surface area (Å²) in [5.41, 5.74) is 3.66. The van der Waals surface area contributed by atoms with Gasteiger partial charge in [-0.15, -0.1) is 4.73 Å². The fourth-order valence-corrected chi connectivity index (χ4v) is 8.40. The van der Waals surface area contributed by atoms with Crippen molar-refractivity contribution in [1.29, 1.82) is 0 Å². The van der Waals surface area contributed by atoms with Gasteiger partial charge in [-0.3, -0.25) is 4.55 Å². The zero-order valence-corrected chi connectivity index (χ0v) is 41.3. The molecule has 0 saturated heterocycles. The van der Waals surface area contributed by atoms with Crippen molar-refractivity contribution in [2.24, 2.45) is 0 Å². The van der Waals surface area contributed by atoms with Crippen molar-refractivity contribution in [2.75, 3.05) is 105 Å². The van der Waals surface area contributed by atoms with Gasteiger partial charge in [0, 0.05) is 67.7 Å². The van der Waals surface area contributed by atoms with Crippen LogP contribution in [0.15, 0.2) is 81.8 Å². The average Bonchev–Trinajstić information content (AvgIpc) is 3.71. The second kappa shape index (κ2) is 25.5. The number of allylic oxidation sites excluding steroid dienone is 3. The molecule has 3 aliphatic rings. The number of benzene rings is 2. The molecule has 2 aromatic rings. The highest BCUT2D eigenvalue weighted by molar-refractivity contribution is 7.85. The number of unbranched alkanes of at least 4 members (excludes halogenated alkanes) is 2. The maximum absolute atomic E-state index is 12.5. The van der Waals surface area contributed by atoms with Gasteiger partial charge in [-0.1, -0.05) is 47.1 Å². The van der Waals surface area contributed by atoms with E-state index in [1.807, 2.05) is 32.1 Å². The number of hydrogen-bond donors (Lipinski definition) is 3. The molecule has 2 aliphatic heterocycles. The Hall–Kier alpha value is -5.05. The Morgan fingerprint density at radius 3 is 1.97 bits per heavy atom. The van der Waals surface area contributed by atoms with E-state index in [2.05, 4.69) is 54.5 Å². The van der Waals surface area contributed by atoms with Crippen molar-refractivity contribution in [1.82, 2.24) is 9.31 Å². The Kier molecular flexibility index (Phi) is 20.2. The van der Waals surface area contributed by atoms with Crippen molar-refractivity contribution >= 4 is 27.9 Å². The molecule has 68 heavy (non-hydrogen) atoms. The lowest BCUT2D eigenvalue weighted by Crippen LogP contribution is -2.36. The van der Waals surface area contributed by atoms with Gasteiger partial charge in [-0.05, 0) is 71.9 Å². The number of carbonyl (C=O) groups excluding carboxylic acids is 1. The number of methoxy groups -OCH3 is 2. The average molecular weight is 969 g/mol. The molecule has 1 aliphatic carbocycles. The van der Waals surface area contributed by atoms with Crippen LogP contribution in [0.25, 0.3) is 17.4 Å². The number of aromatic hydroxyl groups is 2. The number of nitrogens with zero attached hydrogens (tertiary/aromatic N) is 3. The predicted molar refractivity (Wildman–Crippen MR) is 258 cm³/mol. The SMILES string of the molecule is COCCOCCOCC[N+](CCOCCOCCOC)=c1ccc2c(C(C)(C)C)cc(C=CC=C3N(CCCCCC(=O)On4c(O)ccc4O)c4ccc(S(=O)(=O)O)cc4C3(C)C)oc-2c1. The van der Waals surface area contributed by atoms with E-state index in [9.17, 15) is 28.0 Å².